The van der Waals surface area contributed by atoms with E-state index in [-0.39, 0.29) is 0 Å². The second-order valence-electron chi connectivity index (χ2n) is 4.63. The highest BCUT2D eigenvalue weighted by Gasteiger charge is 2.15. The van der Waals surface area contributed by atoms with E-state index >= 15 is 0 Å². The van der Waals surface area contributed by atoms with Gasteiger partial charge in [0.1, 0.15) is 0 Å². The minimum atomic E-state index is 0.360. The van der Waals surface area contributed by atoms with Crippen LogP contribution in [0.2, 0.25) is 5.02 Å². The van der Waals surface area contributed by atoms with E-state index in [1.165, 1.54) is 24.8 Å². The summed E-state index contributed by atoms with van der Waals surface area (Å²) in [5.41, 5.74) is 1.20. The quantitative estimate of drug-likeness (QED) is 0.788. The second kappa shape index (κ2) is 4.71. The number of benzene rings is 1. The van der Waals surface area contributed by atoms with E-state index in [2.05, 4.69) is 22.9 Å². The smallest absolute Gasteiger partial charge is 0.0754 e. The van der Waals surface area contributed by atoms with Gasteiger partial charge in [-0.3, -0.25) is 0 Å². The molecule has 90 valence electrons. The Bertz CT molecular complexity index is 514. The van der Waals surface area contributed by atoms with Gasteiger partial charge in [-0.05, 0) is 37.5 Å². The maximum Gasteiger partial charge on any atom is 0.0754 e. The van der Waals surface area contributed by atoms with Crippen LogP contribution < -0.4 is 0 Å². The fourth-order valence-corrected chi connectivity index (χ4v) is 2.75. The fourth-order valence-electron chi connectivity index (χ4n) is 2.52. The molecule has 0 amide bonds. The summed E-state index contributed by atoms with van der Waals surface area (Å²) in [6.45, 7) is 1.84. The van der Waals surface area contributed by atoms with Crippen LogP contribution in [0, 0.1) is 0 Å². The van der Waals surface area contributed by atoms with Crippen molar-refractivity contribution in [3.8, 4) is 0 Å². The molecule has 1 aromatic carbocycles. The van der Waals surface area contributed by atoms with Crippen LogP contribution in [-0.2, 0) is 11.3 Å². The molecule has 2 aromatic rings. The van der Waals surface area contributed by atoms with Crippen molar-refractivity contribution in [2.45, 2.75) is 31.9 Å². The summed E-state index contributed by atoms with van der Waals surface area (Å²) < 4.78 is 8.02. The SMILES string of the molecule is Clc1cccc2c1ccn2CC1CCCCO1. The normalized spacial score (nSPS) is 20.9. The molecule has 0 aliphatic carbocycles. The van der Waals surface area contributed by atoms with E-state index in [0.717, 1.165) is 23.6 Å². The summed E-state index contributed by atoms with van der Waals surface area (Å²) in [6.07, 6.45) is 6.12. The Morgan fingerprint density at radius 2 is 2.24 bits per heavy atom. The van der Waals surface area contributed by atoms with Gasteiger partial charge in [0.15, 0.2) is 0 Å². The van der Waals surface area contributed by atoms with E-state index in [4.69, 9.17) is 16.3 Å². The molecule has 1 aliphatic rings. The van der Waals surface area contributed by atoms with Gasteiger partial charge >= 0.3 is 0 Å². The zero-order valence-electron chi connectivity index (χ0n) is 9.73. The molecule has 3 heteroatoms. The summed E-state index contributed by atoms with van der Waals surface area (Å²) >= 11 is 6.17. The molecule has 1 fully saturated rings. The highest BCUT2D eigenvalue weighted by molar-refractivity contribution is 6.35. The van der Waals surface area contributed by atoms with Crippen molar-refractivity contribution in [3.63, 3.8) is 0 Å². The summed E-state index contributed by atoms with van der Waals surface area (Å²) in [7, 11) is 0. The van der Waals surface area contributed by atoms with Gasteiger partial charge in [0, 0.05) is 35.3 Å². The molecule has 2 nitrogen and oxygen atoms in total. The zero-order chi connectivity index (χ0) is 11.7. The Hall–Kier alpha value is -0.990. The maximum atomic E-state index is 6.17. The lowest BCUT2D eigenvalue weighted by atomic mass is 10.1. The summed E-state index contributed by atoms with van der Waals surface area (Å²) in [4.78, 5) is 0. The fraction of sp³-hybridized carbons (Fsp3) is 0.429. The topological polar surface area (TPSA) is 14.2 Å². The van der Waals surface area contributed by atoms with E-state index in [9.17, 15) is 0 Å². The maximum absolute atomic E-state index is 6.17. The number of rotatable bonds is 2. The van der Waals surface area contributed by atoms with Crippen LogP contribution in [0.4, 0.5) is 0 Å². The van der Waals surface area contributed by atoms with Crippen molar-refractivity contribution < 1.29 is 4.74 Å². The summed E-state index contributed by atoms with van der Waals surface area (Å²) in [5, 5.41) is 1.95. The number of nitrogens with zero attached hydrogens (tertiary/aromatic N) is 1. The third-order valence-electron chi connectivity index (χ3n) is 3.43. The van der Waals surface area contributed by atoms with Gasteiger partial charge < -0.3 is 9.30 Å². The minimum Gasteiger partial charge on any atom is -0.376 e. The van der Waals surface area contributed by atoms with E-state index in [1.807, 2.05) is 12.1 Å². The number of fused-ring (bicyclic) bond motifs is 1. The predicted molar refractivity (Wildman–Crippen MR) is 70.5 cm³/mol. The molecule has 3 rings (SSSR count). The van der Waals surface area contributed by atoms with Gasteiger partial charge in [-0.25, -0.2) is 0 Å². The molecule has 0 radical (unpaired) electrons. The molecule has 0 N–H and O–H groups in total. The standard InChI is InChI=1S/C14H16ClNO/c15-13-5-3-6-14-12(13)7-8-16(14)10-11-4-1-2-9-17-11/h3,5-8,11H,1-2,4,9-10H2. The van der Waals surface area contributed by atoms with Gasteiger partial charge in [-0.2, -0.15) is 0 Å². The highest BCUT2D eigenvalue weighted by atomic mass is 35.5. The molecule has 0 saturated carbocycles. The first-order valence-corrected chi connectivity index (χ1v) is 6.57. The molecule has 1 atom stereocenters. The Kier molecular flexibility index (Phi) is 3.08. The molecule has 0 bridgehead atoms. The molecule has 1 aromatic heterocycles. The van der Waals surface area contributed by atoms with E-state index < -0.39 is 0 Å². The Balaban J connectivity index is 1.87. The number of halogens is 1. The summed E-state index contributed by atoms with van der Waals surface area (Å²) in [5.74, 6) is 0. The molecule has 1 unspecified atom stereocenters. The number of aromatic nitrogens is 1. The predicted octanol–water partition coefficient (Wildman–Crippen LogP) is 3.86. The van der Waals surface area contributed by atoms with Gasteiger partial charge in [0.25, 0.3) is 0 Å². The molecular weight excluding hydrogens is 234 g/mol. The van der Waals surface area contributed by atoms with Crippen molar-refractivity contribution in [2.75, 3.05) is 6.61 Å². The molecular formula is C14H16ClNO. The van der Waals surface area contributed by atoms with Gasteiger partial charge in [-0.15, -0.1) is 0 Å². The molecule has 2 heterocycles. The van der Waals surface area contributed by atoms with Crippen LogP contribution >= 0.6 is 11.6 Å². The Morgan fingerprint density at radius 3 is 3.06 bits per heavy atom. The molecule has 1 saturated heterocycles. The lowest BCUT2D eigenvalue weighted by Gasteiger charge is -2.23. The van der Waals surface area contributed by atoms with Crippen LogP contribution in [-0.4, -0.2) is 17.3 Å². The van der Waals surface area contributed by atoms with Crippen LogP contribution in [0.25, 0.3) is 10.9 Å². The first-order valence-electron chi connectivity index (χ1n) is 6.19. The number of hydrogen-bond acceptors (Lipinski definition) is 1. The monoisotopic (exact) mass is 249 g/mol. The largest absolute Gasteiger partial charge is 0.376 e. The second-order valence-corrected chi connectivity index (χ2v) is 5.04. The highest BCUT2D eigenvalue weighted by Crippen LogP contribution is 2.25. The van der Waals surface area contributed by atoms with Gasteiger partial charge in [0.05, 0.1) is 6.10 Å². The van der Waals surface area contributed by atoms with Crippen molar-refractivity contribution in [3.05, 3.63) is 35.5 Å². The molecule has 17 heavy (non-hydrogen) atoms. The Labute approximate surface area is 106 Å². The average molecular weight is 250 g/mol. The Morgan fingerprint density at radius 1 is 1.29 bits per heavy atom. The van der Waals surface area contributed by atoms with Crippen LogP contribution in [0.15, 0.2) is 30.5 Å². The van der Waals surface area contributed by atoms with Crippen molar-refractivity contribution >= 4 is 22.5 Å². The van der Waals surface area contributed by atoms with E-state index in [0.29, 0.717) is 6.10 Å². The minimum absolute atomic E-state index is 0.360. The van der Waals surface area contributed by atoms with Crippen LogP contribution in [0.3, 0.4) is 0 Å². The first kappa shape index (κ1) is 11.1. The van der Waals surface area contributed by atoms with Gasteiger partial charge in [0.2, 0.25) is 0 Å². The van der Waals surface area contributed by atoms with Crippen molar-refractivity contribution in [2.24, 2.45) is 0 Å². The van der Waals surface area contributed by atoms with Crippen LogP contribution in [0.5, 0.6) is 0 Å². The average Bonchev–Trinajstić information content (AvgIpc) is 2.76. The summed E-state index contributed by atoms with van der Waals surface area (Å²) in [6, 6.07) is 8.14. The zero-order valence-corrected chi connectivity index (χ0v) is 10.5. The molecule has 0 spiro atoms. The van der Waals surface area contributed by atoms with Crippen molar-refractivity contribution in [1.82, 2.24) is 4.57 Å². The molecule has 1 aliphatic heterocycles. The third-order valence-corrected chi connectivity index (χ3v) is 3.76. The number of ether oxygens (including phenoxy) is 1. The number of hydrogen-bond donors (Lipinski definition) is 0. The van der Waals surface area contributed by atoms with Gasteiger partial charge in [-0.1, -0.05) is 17.7 Å². The lowest BCUT2D eigenvalue weighted by Crippen LogP contribution is -2.24. The van der Waals surface area contributed by atoms with Crippen LogP contribution in [0.1, 0.15) is 19.3 Å². The lowest BCUT2D eigenvalue weighted by molar-refractivity contribution is 0.00670. The third kappa shape index (κ3) is 2.20. The van der Waals surface area contributed by atoms with Crippen molar-refractivity contribution in [1.29, 1.82) is 0 Å². The van der Waals surface area contributed by atoms with E-state index in [1.54, 1.807) is 0 Å². The first-order chi connectivity index (χ1) is 8.34.